The van der Waals surface area contributed by atoms with Gasteiger partial charge in [-0.05, 0) is 25.3 Å². The quantitative estimate of drug-likeness (QED) is 0.0632. The van der Waals surface area contributed by atoms with Crippen LogP contribution in [-0.4, -0.2) is 0 Å². The predicted molar refractivity (Wildman–Crippen MR) is 180 cm³/mol. The van der Waals surface area contributed by atoms with Crippen LogP contribution in [0.3, 0.4) is 0 Å². The van der Waals surface area contributed by atoms with Gasteiger partial charge in [0.25, 0.3) is 0 Å². The summed E-state index contributed by atoms with van der Waals surface area (Å²) in [6.45, 7) is 6.83. The third-order valence-electron chi connectivity index (χ3n) is 9.22. The number of unbranched alkanes of at least 4 members (excludes halogenated alkanes) is 26. The lowest BCUT2D eigenvalue weighted by Gasteiger charge is -2.13. The minimum absolute atomic E-state index is 0.704. The molecule has 0 spiro atoms. The van der Waals surface area contributed by atoms with Crippen LogP contribution in [0.4, 0.5) is 0 Å². The number of rotatable bonds is 31. The van der Waals surface area contributed by atoms with Gasteiger partial charge in [0.1, 0.15) is 0 Å². The van der Waals surface area contributed by atoms with Gasteiger partial charge in [-0.1, -0.05) is 181 Å². The van der Waals surface area contributed by atoms with E-state index in [4.69, 9.17) is 0 Å². The summed E-state index contributed by atoms with van der Waals surface area (Å²) in [5.74, 6) is 0. The molecular weight excluding hydrogens is 482 g/mol. The van der Waals surface area contributed by atoms with Gasteiger partial charge < -0.3 is 0 Å². The Morgan fingerprint density at radius 2 is 0.650 bits per heavy atom. The zero-order valence-corrected chi connectivity index (χ0v) is 28.0. The van der Waals surface area contributed by atoms with E-state index < -0.39 is 0 Å². The fourth-order valence-corrected chi connectivity index (χ4v) is 6.35. The normalized spacial score (nSPS) is 11.6. The van der Waals surface area contributed by atoms with Gasteiger partial charge in [-0.3, -0.25) is 0 Å². The van der Waals surface area contributed by atoms with Crippen molar-refractivity contribution in [3.05, 3.63) is 30.1 Å². The van der Waals surface area contributed by atoms with Crippen molar-refractivity contribution in [3.8, 4) is 0 Å². The topological polar surface area (TPSA) is 3.88 Å². The molecule has 0 atom stereocenters. The van der Waals surface area contributed by atoms with Crippen molar-refractivity contribution in [1.82, 2.24) is 0 Å². The minimum Gasteiger partial charge on any atom is -0.202 e. The molecule has 0 aliphatic carbocycles. The van der Waals surface area contributed by atoms with Gasteiger partial charge in [-0.25, -0.2) is 4.57 Å². The molecule has 0 saturated heterocycles. The summed E-state index contributed by atoms with van der Waals surface area (Å²) in [4.78, 5) is 0. The second kappa shape index (κ2) is 29.6. The first-order chi connectivity index (χ1) is 19.8. The number of hydrogen-bond donors (Lipinski definition) is 0. The van der Waals surface area contributed by atoms with E-state index in [1.807, 2.05) is 0 Å². The second-order valence-electron chi connectivity index (χ2n) is 13.2. The molecule has 1 aromatic heterocycles. The van der Waals surface area contributed by atoms with Gasteiger partial charge in [0.2, 0.25) is 0 Å². The Morgan fingerprint density at radius 1 is 0.400 bits per heavy atom. The average molecular weight is 557 g/mol. The minimum atomic E-state index is 0.704. The summed E-state index contributed by atoms with van der Waals surface area (Å²) in [5.41, 5.74) is 1.38. The summed E-state index contributed by atoms with van der Waals surface area (Å²) in [6.07, 6.45) is 48.0. The molecule has 0 aliphatic rings. The van der Waals surface area contributed by atoms with Crippen molar-refractivity contribution in [2.75, 3.05) is 0 Å². The van der Waals surface area contributed by atoms with Crippen molar-refractivity contribution < 1.29 is 4.57 Å². The van der Waals surface area contributed by atoms with E-state index in [0.717, 1.165) is 0 Å². The van der Waals surface area contributed by atoms with E-state index in [-0.39, 0.29) is 0 Å². The van der Waals surface area contributed by atoms with E-state index in [9.17, 15) is 0 Å². The van der Waals surface area contributed by atoms with E-state index >= 15 is 0 Å². The fourth-order valence-electron chi connectivity index (χ4n) is 6.35. The van der Waals surface area contributed by atoms with Crippen molar-refractivity contribution in [2.45, 2.75) is 219 Å². The SMILES string of the molecule is CCCCCCCCCCCCCCCCC(CCCCCCCCCCCCCCCC)[n+]1ccc(C)cc1. The van der Waals surface area contributed by atoms with Gasteiger partial charge in [-0.2, -0.15) is 0 Å². The van der Waals surface area contributed by atoms with Crippen LogP contribution in [0.1, 0.15) is 218 Å². The molecule has 1 aromatic rings. The van der Waals surface area contributed by atoms with Gasteiger partial charge >= 0.3 is 0 Å². The standard InChI is InChI=1S/C39H74N/c1-4-6-8-10-12-14-16-18-20-22-24-26-28-30-32-39(40-36-34-38(3)35-37-40)33-31-29-27-25-23-21-19-17-15-13-11-9-7-5-2/h34-37,39H,4-33H2,1-3H3/q+1. The summed E-state index contributed by atoms with van der Waals surface area (Å²) < 4.78 is 2.53. The Balaban J connectivity index is 2.05. The maximum atomic E-state index is 2.53. The molecule has 1 rings (SSSR count). The Kier molecular flexibility index (Phi) is 27.5. The van der Waals surface area contributed by atoms with E-state index in [2.05, 4.69) is 49.9 Å². The summed E-state index contributed by atoms with van der Waals surface area (Å²) in [5, 5.41) is 0. The summed E-state index contributed by atoms with van der Waals surface area (Å²) in [7, 11) is 0. The molecule has 0 amide bonds. The molecule has 0 bridgehead atoms. The highest BCUT2D eigenvalue weighted by Gasteiger charge is 2.17. The first-order valence-corrected chi connectivity index (χ1v) is 18.7. The molecule has 234 valence electrons. The third kappa shape index (κ3) is 23.8. The molecule has 0 aromatic carbocycles. The van der Waals surface area contributed by atoms with Crippen LogP contribution >= 0.6 is 0 Å². The monoisotopic (exact) mass is 557 g/mol. The van der Waals surface area contributed by atoms with Crippen LogP contribution in [0.5, 0.6) is 0 Å². The van der Waals surface area contributed by atoms with Crippen LogP contribution in [0, 0.1) is 6.92 Å². The molecule has 0 unspecified atom stereocenters. The highest BCUT2D eigenvalue weighted by Crippen LogP contribution is 2.20. The maximum Gasteiger partial charge on any atom is 0.169 e. The predicted octanol–water partition coefficient (Wildman–Crippen LogP) is 13.6. The Labute approximate surface area is 253 Å². The van der Waals surface area contributed by atoms with E-state index in [1.54, 1.807) is 0 Å². The van der Waals surface area contributed by atoms with Gasteiger partial charge in [0, 0.05) is 25.0 Å². The first kappa shape index (κ1) is 37.2. The lowest BCUT2D eigenvalue weighted by Crippen LogP contribution is -2.38. The number of pyridine rings is 1. The second-order valence-corrected chi connectivity index (χ2v) is 13.2. The largest absolute Gasteiger partial charge is 0.202 e. The lowest BCUT2D eigenvalue weighted by molar-refractivity contribution is -0.724. The zero-order chi connectivity index (χ0) is 28.8. The molecule has 40 heavy (non-hydrogen) atoms. The number of aromatic nitrogens is 1. The Bertz CT molecular complexity index is 574. The van der Waals surface area contributed by atoms with Crippen molar-refractivity contribution in [2.24, 2.45) is 0 Å². The van der Waals surface area contributed by atoms with Gasteiger partial charge in [0.05, 0.1) is 0 Å². The molecule has 0 N–H and O–H groups in total. The molecule has 1 nitrogen and oxygen atoms in total. The lowest BCUT2D eigenvalue weighted by atomic mass is 9.99. The molecule has 1 heterocycles. The van der Waals surface area contributed by atoms with Crippen LogP contribution in [0.15, 0.2) is 24.5 Å². The highest BCUT2D eigenvalue weighted by molar-refractivity contribution is 5.03. The van der Waals surface area contributed by atoms with Crippen LogP contribution in [0.2, 0.25) is 0 Å². The van der Waals surface area contributed by atoms with E-state index in [1.165, 1.54) is 198 Å². The number of aryl methyl sites for hydroxylation is 1. The third-order valence-corrected chi connectivity index (χ3v) is 9.22. The van der Waals surface area contributed by atoms with E-state index in [0.29, 0.717) is 6.04 Å². The maximum absolute atomic E-state index is 2.53. The van der Waals surface area contributed by atoms with Crippen molar-refractivity contribution >= 4 is 0 Å². The number of nitrogens with zero attached hydrogens (tertiary/aromatic N) is 1. The summed E-state index contributed by atoms with van der Waals surface area (Å²) >= 11 is 0. The molecule has 0 aliphatic heterocycles. The average Bonchev–Trinajstić information content (AvgIpc) is 2.97. The molecule has 1 heteroatoms. The first-order valence-electron chi connectivity index (χ1n) is 18.7. The van der Waals surface area contributed by atoms with Crippen LogP contribution in [-0.2, 0) is 0 Å². The fraction of sp³-hybridized carbons (Fsp3) is 0.872. The smallest absolute Gasteiger partial charge is 0.169 e. The number of hydrogen-bond acceptors (Lipinski definition) is 0. The zero-order valence-electron chi connectivity index (χ0n) is 28.0. The van der Waals surface area contributed by atoms with Crippen molar-refractivity contribution in [3.63, 3.8) is 0 Å². The Hall–Kier alpha value is -0.850. The van der Waals surface area contributed by atoms with Crippen LogP contribution in [0.25, 0.3) is 0 Å². The van der Waals surface area contributed by atoms with Crippen molar-refractivity contribution in [1.29, 1.82) is 0 Å². The molecule has 0 saturated carbocycles. The molecular formula is C39H74N+. The molecule has 0 radical (unpaired) electrons. The molecule has 0 fully saturated rings. The summed E-state index contributed by atoms with van der Waals surface area (Å²) in [6, 6.07) is 5.29. The Morgan fingerprint density at radius 3 is 0.925 bits per heavy atom. The van der Waals surface area contributed by atoms with Crippen LogP contribution < -0.4 is 4.57 Å². The van der Waals surface area contributed by atoms with Gasteiger partial charge in [0.15, 0.2) is 18.4 Å². The van der Waals surface area contributed by atoms with Gasteiger partial charge in [-0.15, -0.1) is 0 Å². The highest BCUT2D eigenvalue weighted by atomic mass is 15.0.